The van der Waals surface area contributed by atoms with Crippen LogP contribution in [-0.4, -0.2) is 29.3 Å². The van der Waals surface area contributed by atoms with E-state index in [1.54, 1.807) is 6.92 Å². The first-order valence-corrected chi connectivity index (χ1v) is 4.89. The van der Waals surface area contributed by atoms with Crippen LogP contribution in [0.1, 0.15) is 13.3 Å². The summed E-state index contributed by atoms with van der Waals surface area (Å²) in [6, 6.07) is -0.632. The summed E-state index contributed by atoms with van der Waals surface area (Å²) in [6.45, 7) is 1.93. The van der Waals surface area contributed by atoms with Crippen molar-refractivity contribution in [3.63, 3.8) is 0 Å². The second-order valence-electron chi connectivity index (χ2n) is 2.98. The average molecular weight is 237 g/mol. The molecule has 0 aliphatic carbocycles. The summed E-state index contributed by atoms with van der Waals surface area (Å²) in [4.78, 5) is 23.7. The van der Waals surface area contributed by atoms with Gasteiger partial charge in [-0.1, -0.05) is 30.1 Å². The number of rotatable bonds is 3. The molecule has 14 heavy (non-hydrogen) atoms. The molecule has 1 aliphatic heterocycles. The fourth-order valence-electron chi connectivity index (χ4n) is 1.36. The van der Waals surface area contributed by atoms with E-state index >= 15 is 0 Å². The summed E-state index contributed by atoms with van der Waals surface area (Å²) < 4.78 is 0. The molecule has 0 radical (unpaired) electrons. The molecule has 1 atom stereocenters. The van der Waals surface area contributed by atoms with Crippen molar-refractivity contribution < 1.29 is 9.59 Å². The van der Waals surface area contributed by atoms with Gasteiger partial charge in [0.15, 0.2) is 0 Å². The van der Waals surface area contributed by atoms with Gasteiger partial charge in [-0.2, -0.15) is 0 Å². The molecule has 1 rings (SSSR count). The monoisotopic (exact) mass is 236 g/mol. The fourth-order valence-corrected chi connectivity index (χ4v) is 1.74. The molecule has 78 valence electrons. The van der Waals surface area contributed by atoms with Crippen LogP contribution in [0.4, 0.5) is 0 Å². The van der Waals surface area contributed by atoms with E-state index < -0.39 is 17.9 Å². The molecule has 0 unspecified atom stereocenters. The number of nitrogens with two attached hydrogens (primary N) is 1. The summed E-state index contributed by atoms with van der Waals surface area (Å²) in [7, 11) is 0. The van der Waals surface area contributed by atoms with Crippen LogP contribution >= 0.6 is 23.2 Å². The molecule has 0 aromatic carbocycles. The molecule has 2 amide bonds. The normalized spacial score (nSPS) is 19.1. The van der Waals surface area contributed by atoms with Crippen LogP contribution in [0.15, 0.2) is 10.1 Å². The van der Waals surface area contributed by atoms with Gasteiger partial charge in [0.2, 0.25) is 5.91 Å². The zero-order chi connectivity index (χ0) is 10.9. The van der Waals surface area contributed by atoms with Crippen molar-refractivity contribution in [2.75, 3.05) is 6.54 Å². The average Bonchev–Trinajstić information content (AvgIpc) is 2.35. The highest BCUT2D eigenvalue weighted by Gasteiger charge is 2.35. The van der Waals surface area contributed by atoms with Crippen LogP contribution in [0.3, 0.4) is 0 Å². The van der Waals surface area contributed by atoms with Crippen LogP contribution < -0.4 is 5.73 Å². The molecule has 0 fully saturated rings. The first-order valence-electron chi connectivity index (χ1n) is 4.13. The number of carbonyl (C=O) groups excluding carboxylic acids is 2. The maximum absolute atomic E-state index is 11.5. The highest BCUT2D eigenvalue weighted by Crippen LogP contribution is 2.27. The summed E-state index contributed by atoms with van der Waals surface area (Å²) in [6.07, 6.45) is 0.454. The topological polar surface area (TPSA) is 63.4 Å². The number of carbonyl (C=O) groups is 2. The molecular weight excluding hydrogens is 227 g/mol. The van der Waals surface area contributed by atoms with Gasteiger partial charge in [0.1, 0.15) is 11.1 Å². The maximum Gasteiger partial charge on any atom is 0.267 e. The zero-order valence-corrected chi connectivity index (χ0v) is 9.10. The van der Waals surface area contributed by atoms with Crippen LogP contribution in [0.25, 0.3) is 0 Å². The van der Waals surface area contributed by atoms with Gasteiger partial charge in [-0.25, -0.2) is 0 Å². The molecule has 2 N–H and O–H groups in total. The standard InChI is InChI=1S/C8H10Cl2N2O2/c1-2-5(7(11)13)12-3-4(9)6(10)8(12)14/h5H,2-3H2,1H3,(H2,11,13)/t5-/m1/s1. The predicted octanol–water partition coefficient (Wildman–Crippen LogP) is 0.782. The number of hydrogen-bond acceptors (Lipinski definition) is 2. The van der Waals surface area contributed by atoms with E-state index in [2.05, 4.69) is 0 Å². The minimum absolute atomic E-state index is 0.0219. The second kappa shape index (κ2) is 4.19. The highest BCUT2D eigenvalue weighted by atomic mass is 35.5. The smallest absolute Gasteiger partial charge is 0.267 e. The van der Waals surface area contributed by atoms with Gasteiger partial charge in [-0.15, -0.1) is 0 Å². The molecule has 0 bridgehead atoms. The van der Waals surface area contributed by atoms with Crippen molar-refractivity contribution in [1.29, 1.82) is 0 Å². The van der Waals surface area contributed by atoms with Gasteiger partial charge >= 0.3 is 0 Å². The van der Waals surface area contributed by atoms with Crippen LogP contribution in [-0.2, 0) is 9.59 Å². The van der Waals surface area contributed by atoms with E-state index in [-0.39, 0.29) is 16.6 Å². The quantitative estimate of drug-likeness (QED) is 0.788. The first-order chi connectivity index (χ1) is 6.49. The van der Waals surface area contributed by atoms with Gasteiger partial charge in [0.05, 0.1) is 11.6 Å². The highest BCUT2D eigenvalue weighted by molar-refractivity contribution is 6.49. The Kier molecular flexibility index (Phi) is 3.39. The first kappa shape index (κ1) is 11.3. The molecule has 1 aliphatic rings. The van der Waals surface area contributed by atoms with Crippen molar-refractivity contribution in [1.82, 2.24) is 4.90 Å². The molecular formula is C8H10Cl2N2O2. The lowest BCUT2D eigenvalue weighted by Gasteiger charge is -2.23. The lowest BCUT2D eigenvalue weighted by molar-refractivity contribution is -0.134. The molecule has 1 heterocycles. The third-order valence-corrected chi connectivity index (χ3v) is 2.88. The third kappa shape index (κ3) is 1.86. The van der Waals surface area contributed by atoms with Crippen molar-refractivity contribution in [2.24, 2.45) is 5.73 Å². The number of hydrogen-bond donors (Lipinski definition) is 1. The van der Waals surface area contributed by atoms with E-state index in [0.29, 0.717) is 6.42 Å². The summed E-state index contributed by atoms with van der Waals surface area (Å²) in [5.74, 6) is -0.973. The number of nitrogens with zero attached hydrogens (tertiary/aromatic N) is 1. The second-order valence-corrected chi connectivity index (χ2v) is 3.81. The Bertz CT molecular complexity index is 314. The van der Waals surface area contributed by atoms with Crippen molar-refractivity contribution in [2.45, 2.75) is 19.4 Å². The van der Waals surface area contributed by atoms with Crippen LogP contribution in [0, 0.1) is 0 Å². The van der Waals surface area contributed by atoms with Crippen LogP contribution in [0.5, 0.6) is 0 Å². The molecule has 0 aromatic rings. The Morgan fingerprint density at radius 2 is 2.21 bits per heavy atom. The van der Waals surface area contributed by atoms with Gasteiger partial charge < -0.3 is 10.6 Å². The fraction of sp³-hybridized carbons (Fsp3) is 0.500. The van der Waals surface area contributed by atoms with Gasteiger partial charge in [0.25, 0.3) is 5.91 Å². The lowest BCUT2D eigenvalue weighted by Crippen LogP contribution is -2.45. The van der Waals surface area contributed by atoms with Crippen molar-refractivity contribution in [3.8, 4) is 0 Å². The number of primary amides is 1. The van der Waals surface area contributed by atoms with E-state index in [9.17, 15) is 9.59 Å². The number of amides is 2. The molecule has 0 saturated carbocycles. The van der Waals surface area contributed by atoms with E-state index in [0.717, 1.165) is 0 Å². The van der Waals surface area contributed by atoms with Gasteiger partial charge in [-0.3, -0.25) is 9.59 Å². The Morgan fingerprint density at radius 3 is 2.50 bits per heavy atom. The third-order valence-electron chi connectivity index (χ3n) is 2.09. The Balaban J connectivity index is 2.84. The van der Waals surface area contributed by atoms with Crippen molar-refractivity contribution >= 4 is 35.0 Å². The van der Waals surface area contributed by atoms with Gasteiger partial charge in [-0.05, 0) is 6.42 Å². The molecule has 4 nitrogen and oxygen atoms in total. The molecule has 0 saturated heterocycles. The Hall–Kier alpha value is -0.740. The van der Waals surface area contributed by atoms with E-state index in [4.69, 9.17) is 28.9 Å². The van der Waals surface area contributed by atoms with E-state index in [1.165, 1.54) is 4.90 Å². The Morgan fingerprint density at radius 1 is 1.64 bits per heavy atom. The molecule has 0 spiro atoms. The SMILES string of the molecule is CC[C@H](C(N)=O)N1CC(Cl)=C(Cl)C1=O. The Labute approximate surface area is 91.6 Å². The minimum Gasteiger partial charge on any atom is -0.368 e. The zero-order valence-electron chi connectivity index (χ0n) is 7.59. The lowest BCUT2D eigenvalue weighted by atomic mass is 10.2. The largest absolute Gasteiger partial charge is 0.368 e. The van der Waals surface area contributed by atoms with Crippen molar-refractivity contribution in [3.05, 3.63) is 10.1 Å². The predicted molar refractivity (Wildman–Crippen MR) is 53.7 cm³/mol. The summed E-state index contributed by atoms with van der Waals surface area (Å²) in [5.41, 5.74) is 5.14. The van der Waals surface area contributed by atoms with E-state index in [1.807, 2.05) is 0 Å². The number of halogens is 2. The molecule has 6 heteroatoms. The van der Waals surface area contributed by atoms with Crippen LogP contribution in [0.2, 0.25) is 0 Å². The summed E-state index contributed by atoms with van der Waals surface area (Å²) >= 11 is 11.3. The maximum atomic E-state index is 11.5. The van der Waals surface area contributed by atoms with Gasteiger partial charge in [0, 0.05) is 0 Å². The molecule has 0 aromatic heterocycles. The summed E-state index contributed by atoms with van der Waals surface area (Å²) in [5, 5.41) is 0.239. The minimum atomic E-state index is -0.632.